The first-order chi connectivity index (χ1) is 6.77. The predicted molar refractivity (Wildman–Crippen MR) is 74.3 cm³/mol. The molecule has 0 aliphatic heterocycles. The van der Waals surface area contributed by atoms with Gasteiger partial charge in [-0.15, -0.1) is 17.0 Å². The maximum absolute atomic E-state index is 5.47. The average molecular weight is 281 g/mol. The van der Waals surface area contributed by atoms with Gasteiger partial charge in [0.05, 0.1) is 6.17 Å². The molecular formula is C12H29BrN2. The van der Waals surface area contributed by atoms with E-state index in [4.69, 9.17) is 11.5 Å². The van der Waals surface area contributed by atoms with Crippen LogP contribution in [0.25, 0.3) is 0 Å². The van der Waals surface area contributed by atoms with Crippen LogP contribution in [0.2, 0.25) is 0 Å². The number of hydrogen-bond donors (Lipinski definition) is 2. The number of hydrogen-bond acceptors (Lipinski definition) is 2. The minimum absolute atomic E-state index is 0. The highest BCUT2D eigenvalue weighted by Crippen LogP contribution is 2.10. The van der Waals surface area contributed by atoms with Crippen molar-refractivity contribution in [3.8, 4) is 0 Å². The van der Waals surface area contributed by atoms with Crippen LogP contribution in [0.15, 0.2) is 0 Å². The summed E-state index contributed by atoms with van der Waals surface area (Å²) < 4.78 is 0. The molecule has 0 saturated heterocycles. The van der Waals surface area contributed by atoms with Gasteiger partial charge in [0.25, 0.3) is 0 Å². The second-order valence-corrected chi connectivity index (χ2v) is 4.28. The van der Waals surface area contributed by atoms with Crippen LogP contribution in [0.3, 0.4) is 0 Å². The molecule has 0 atom stereocenters. The molecule has 0 unspecified atom stereocenters. The quantitative estimate of drug-likeness (QED) is 0.473. The second-order valence-electron chi connectivity index (χ2n) is 4.28. The first-order valence-electron chi connectivity index (χ1n) is 6.28. The average Bonchev–Trinajstić information content (AvgIpc) is 2.15. The highest BCUT2D eigenvalue weighted by Gasteiger charge is 1.94. The van der Waals surface area contributed by atoms with Gasteiger partial charge in [0.2, 0.25) is 0 Å². The first kappa shape index (κ1) is 17.8. The summed E-state index contributed by atoms with van der Waals surface area (Å²) in [5, 5.41) is 0. The fourth-order valence-electron chi connectivity index (χ4n) is 1.69. The molecule has 0 spiro atoms. The minimum Gasteiger partial charge on any atom is -0.316 e. The highest BCUT2D eigenvalue weighted by molar-refractivity contribution is 8.93. The lowest BCUT2D eigenvalue weighted by Gasteiger charge is -2.04. The third-order valence-electron chi connectivity index (χ3n) is 2.64. The Bertz CT molecular complexity index is 108. The van der Waals surface area contributed by atoms with Crippen molar-refractivity contribution in [3.63, 3.8) is 0 Å². The zero-order chi connectivity index (χ0) is 10.6. The van der Waals surface area contributed by atoms with E-state index in [0.717, 1.165) is 6.42 Å². The molecular weight excluding hydrogens is 252 g/mol. The lowest BCUT2D eigenvalue weighted by molar-refractivity contribution is 0.530. The van der Waals surface area contributed by atoms with Gasteiger partial charge in [-0.1, -0.05) is 64.7 Å². The Hall–Kier alpha value is 0.400. The van der Waals surface area contributed by atoms with E-state index in [9.17, 15) is 0 Å². The van der Waals surface area contributed by atoms with Crippen LogP contribution in [0.1, 0.15) is 71.1 Å². The maximum atomic E-state index is 5.47. The molecule has 94 valence electrons. The van der Waals surface area contributed by atoms with Crippen molar-refractivity contribution < 1.29 is 0 Å². The fourth-order valence-corrected chi connectivity index (χ4v) is 1.69. The number of unbranched alkanes of at least 4 members (excludes halogenated alkanes) is 8. The summed E-state index contributed by atoms with van der Waals surface area (Å²) in [6, 6.07) is 0. The van der Waals surface area contributed by atoms with Gasteiger partial charge >= 0.3 is 0 Å². The van der Waals surface area contributed by atoms with Gasteiger partial charge in [0.15, 0.2) is 0 Å². The van der Waals surface area contributed by atoms with Crippen molar-refractivity contribution in [2.24, 2.45) is 11.5 Å². The number of rotatable bonds is 10. The van der Waals surface area contributed by atoms with Gasteiger partial charge in [-0.2, -0.15) is 0 Å². The third kappa shape index (κ3) is 17.0. The molecule has 3 heteroatoms. The molecule has 2 nitrogen and oxygen atoms in total. The lowest BCUT2D eigenvalue weighted by atomic mass is 10.1. The van der Waals surface area contributed by atoms with Crippen LogP contribution in [0.5, 0.6) is 0 Å². The summed E-state index contributed by atoms with van der Waals surface area (Å²) in [5.74, 6) is 0. The SMILES string of the molecule is Br.CCCCCCCCCCCC(N)N. The lowest BCUT2D eigenvalue weighted by Crippen LogP contribution is -2.29. The molecule has 0 radical (unpaired) electrons. The summed E-state index contributed by atoms with van der Waals surface area (Å²) in [6.07, 6.45) is 13.1. The van der Waals surface area contributed by atoms with Crippen molar-refractivity contribution in [2.75, 3.05) is 0 Å². The van der Waals surface area contributed by atoms with Crippen LogP contribution in [0.4, 0.5) is 0 Å². The van der Waals surface area contributed by atoms with Crippen molar-refractivity contribution in [1.29, 1.82) is 0 Å². The van der Waals surface area contributed by atoms with Crippen LogP contribution in [0, 0.1) is 0 Å². The zero-order valence-electron chi connectivity index (χ0n) is 10.2. The molecule has 15 heavy (non-hydrogen) atoms. The molecule has 0 aliphatic rings. The number of halogens is 1. The molecule has 0 aromatic heterocycles. The van der Waals surface area contributed by atoms with Crippen LogP contribution < -0.4 is 11.5 Å². The summed E-state index contributed by atoms with van der Waals surface area (Å²) in [6.45, 7) is 2.26. The first-order valence-corrected chi connectivity index (χ1v) is 6.28. The standard InChI is InChI=1S/C12H28N2.BrH/c1-2-3-4-5-6-7-8-9-10-11-12(13)14;/h12H,2-11,13-14H2,1H3;1H. The highest BCUT2D eigenvalue weighted by atomic mass is 79.9. The Balaban J connectivity index is 0. The maximum Gasteiger partial charge on any atom is 0.0520 e. The second kappa shape index (κ2) is 14.4. The molecule has 0 aromatic rings. The summed E-state index contributed by atoms with van der Waals surface area (Å²) in [4.78, 5) is 0. The van der Waals surface area contributed by atoms with E-state index in [2.05, 4.69) is 6.92 Å². The largest absolute Gasteiger partial charge is 0.316 e. The van der Waals surface area contributed by atoms with Gasteiger partial charge in [-0.05, 0) is 6.42 Å². The van der Waals surface area contributed by atoms with E-state index in [1.807, 2.05) is 0 Å². The third-order valence-corrected chi connectivity index (χ3v) is 2.64. The van der Waals surface area contributed by atoms with Crippen molar-refractivity contribution in [2.45, 2.75) is 77.3 Å². The van der Waals surface area contributed by atoms with Crippen LogP contribution in [-0.4, -0.2) is 6.17 Å². The summed E-state index contributed by atoms with van der Waals surface area (Å²) in [5.41, 5.74) is 10.9. The van der Waals surface area contributed by atoms with Gasteiger partial charge in [0.1, 0.15) is 0 Å². The van der Waals surface area contributed by atoms with Crippen molar-refractivity contribution in [1.82, 2.24) is 0 Å². The Morgan fingerprint density at radius 2 is 1.13 bits per heavy atom. The zero-order valence-corrected chi connectivity index (χ0v) is 11.9. The molecule has 4 N–H and O–H groups in total. The molecule has 0 bridgehead atoms. The topological polar surface area (TPSA) is 52.0 Å². The molecule has 0 aliphatic carbocycles. The van der Waals surface area contributed by atoms with Crippen LogP contribution in [-0.2, 0) is 0 Å². The monoisotopic (exact) mass is 280 g/mol. The van der Waals surface area contributed by atoms with E-state index in [1.165, 1.54) is 57.8 Å². The van der Waals surface area contributed by atoms with Gasteiger partial charge in [-0.3, -0.25) is 0 Å². The van der Waals surface area contributed by atoms with E-state index < -0.39 is 0 Å². The van der Waals surface area contributed by atoms with E-state index in [0.29, 0.717) is 0 Å². The molecule has 0 saturated carbocycles. The minimum atomic E-state index is -0.0976. The Morgan fingerprint density at radius 1 is 0.733 bits per heavy atom. The van der Waals surface area contributed by atoms with Crippen LogP contribution >= 0.6 is 17.0 Å². The van der Waals surface area contributed by atoms with Crippen molar-refractivity contribution >= 4 is 17.0 Å². The van der Waals surface area contributed by atoms with E-state index in [-0.39, 0.29) is 23.1 Å². The molecule has 0 amide bonds. The van der Waals surface area contributed by atoms with Crippen molar-refractivity contribution in [3.05, 3.63) is 0 Å². The molecule has 0 aromatic carbocycles. The fraction of sp³-hybridized carbons (Fsp3) is 1.00. The van der Waals surface area contributed by atoms with E-state index in [1.54, 1.807) is 0 Å². The van der Waals surface area contributed by atoms with Gasteiger partial charge in [0, 0.05) is 0 Å². The van der Waals surface area contributed by atoms with Gasteiger partial charge in [-0.25, -0.2) is 0 Å². The molecule has 0 rings (SSSR count). The summed E-state index contributed by atoms with van der Waals surface area (Å²) >= 11 is 0. The number of nitrogens with two attached hydrogens (primary N) is 2. The Labute approximate surface area is 106 Å². The smallest absolute Gasteiger partial charge is 0.0520 e. The van der Waals surface area contributed by atoms with Gasteiger partial charge < -0.3 is 11.5 Å². The van der Waals surface area contributed by atoms with E-state index >= 15 is 0 Å². The summed E-state index contributed by atoms with van der Waals surface area (Å²) in [7, 11) is 0. The molecule has 0 heterocycles. The normalized spacial score (nSPS) is 10.4. The molecule has 0 fully saturated rings. The Kier molecular flexibility index (Phi) is 17.1. The Morgan fingerprint density at radius 3 is 1.53 bits per heavy atom. The predicted octanol–water partition coefficient (Wildman–Crippen LogP) is 3.73.